The van der Waals surface area contributed by atoms with Crippen molar-refractivity contribution in [2.24, 2.45) is 0 Å². The Morgan fingerprint density at radius 3 is 2.24 bits per heavy atom. The Kier molecular flexibility index (Phi) is 9.56. The molecule has 2 amide bonds. The number of rotatable bonds is 9. The van der Waals surface area contributed by atoms with Gasteiger partial charge in [0.1, 0.15) is 11.6 Å². The number of carboxylic acids is 1. The number of halogens is 2. The second-order valence-electron chi connectivity index (χ2n) is 10.2. The van der Waals surface area contributed by atoms with Crippen LogP contribution in [-0.2, 0) is 26.3 Å². The van der Waals surface area contributed by atoms with E-state index in [1.54, 1.807) is 0 Å². The normalized spacial score (nSPS) is 16.7. The van der Waals surface area contributed by atoms with Crippen LogP contribution < -0.4 is 10.6 Å². The number of hydrogen-bond acceptors (Lipinski definition) is 5. The van der Waals surface area contributed by atoms with Crippen LogP contribution >= 0.6 is 0 Å². The molecule has 0 saturated carbocycles. The SMILES string of the molecule is CC(=O)NC(Cc1cc(F)cc(F)c1)C(O)CNC1(c2cccc(C(C)C)c2)CCN(C(=O)C(=O)O)CC1. The molecule has 38 heavy (non-hydrogen) atoms. The molecule has 1 aliphatic rings. The molecule has 1 fully saturated rings. The number of aliphatic hydroxyl groups excluding tert-OH is 1. The van der Waals surface area contributed by atoms with Gasteiger partial charge in [0, 0.05) is 38.2 Å². The van der Waals surface area contributed by atoms with E-state index in [1.807, 2.05) is 18.2 Å². The smallest absolute Gasteiger partial charge is 0.394 e. The first-order valence-corrected chi connectivity index (χ1v) is 12.7. The summed E-state index contributed by atoms with van der Waals surface area (Å²) < 4.78 is 27.5. The first-order valence-electron chi connectivity index (χ1n) is 12.7. The van der Waals surface area contributed by atoms with Crippen molar-refractivity contribution in [3.8, 4) is 0 Å². The van der Waals surface area contributed by atoms with Gasteiger partial charge in [0.2, 0.25) is 5.91 Å². The van der Waals surface area contributed by atoms with E-state index in [9.17, 15) is 28.3 Å². The molecule has 0 aromatic heterocycles. The van der Waals surface area contributed by atoms with Crippen LogP contribution in [0.4, 0.5) is 8.78 Å². The first-order chi connectivity index (χ1) is 17.9. The lowest BCUT2D eigenvalue weighted by Crippen LogP contribution is -2.57. The monoisotopic (exact) mass is 531 g/mol. The molecule has 0 radical (unpaired) electrons. The summed E-state index contributed by atoms with van der Waals surface area (Å²) in [4.78, 5) is 36.4. The number of amides is 2. The minimum absolute atomic E-state index is 0.00777. The molecule has 8 nitrogen and oxygen atoms in total. The van der Waals surface area contributed by atoms with Crippen molar-refractivity contribution in [3.05, 3.63) is 70.8 Å². The zero-order valence-electron chi connectivity index (χ0n) is 21.8. The van der Waals surface area contributed by atoms with E-state index in [1.165, 1.54) is 11.8 Å². The van der Waals surface area contributed by atoms with Gasteiger partial charge in [-0.3, -0.25) is 9.59 Å². The molecule has 2 aromatic carbocycles. The van der Waals surface area contributed by atoms with E-state index in [-0.39, 0.29) is 32.0 Å². The summed E-state index contributed by atoms with van der Waals surface area (Å²) in [5.74, 6) is -4.09. The highest BCUT2D eigenvalue weighted by Gasteiger charge is 2.39. The number of aliphatic carboxylic acids is 1. The number of carbonyl (C=O) groups excluding carboxylic acids is 2. The predicted octanol–water partition coefficient (Wildman–Crippen LogP) is 2.69. The largest absolute Gasteiger partial charge is 0.474 e. The lowest BCUT2D eigenvalue weighted by Gasteiger charge is -2.43. The molecular formula is C28H35F2N3O5. The summed E-state index contributed by atoms with van der Waals surface area (Å²) in [7, 11) is 0. The summed E-state index contributed by atoms with van der Waals surface area (Å²) in [5, 5.41) is 26.3. The van der Waals surface area contributed by atoms with E-state index in [0.29, 0.717) is 18.4 Å². The number of hydrogen-bond donors (Lipinski definition) is 4. The zero-order valence-corrected chi connectivity index (χ0v) is 21.8. The molecule has 10 heteroatoms. The fourth-order valence-corrected chi connectivity index (χ4v) is 4.96. The molecule has 1 aliphatic heterocycles. The third-order valence-electron chi connectivity index (χ3n) is 7.07. The van der Waals surface area contributed by atoms with Crippen molar-refractivity contribution in [2.45, 2.75) is 63.6 Å². The van der Waals surface area contributed by atoms with Crippen molar-refractivity contribution in [2.75, 3.05) is 19.6 Å². The second kappa shape index (κ2) is 12.4. The summed E-state index contributed by atoms with van der Waals surface area (Å²) in [6, 6.07) is 10.2. The van der Waals surface area contributed by atoms with Gasteiger partial charge in [0.25, 0.3) is 0 Å². The Morgan fingerprint density at radius 2 is 1.68 bits per heavy atom. The molecule has 2 aromatic rings. The zero-order chi connectivity index (χ0) is 28.0. The van der Waals surface area contributed by atoms with Gasteiger partial charge in [-0.1, -0.05) is 38.1 Å². The highest BCUT2D eigenvalue weighted by Crippen LogP contribution is 2.34. The Labute approximate surface area is 221 Å². The van der Waals surface area contributed by atoms with Gasteiger partial charge in [-0.15, -0.1) is 0 Å². The standard InChI is InChI=1S/C28H35F2N3O5/c1-17(2)20-5-4-6-21(14-20)28(7-9-33(10-8-28)26(36)27(37)38)31-16-25(35)24(32-18(3)34)13-19-11-22(29)15-23(30)12-19/h4-6,11-12,14-15,17,24-25,31,35H,7-10,13,16H2,1-3H3,(H,32,34)(H,37,38). The molecule has 3 rings (SSSR count). The van der Waals surface area contributed by atoms with Crippen LogP contribution in [0, 0.1) is 11.6 Å². The maximum Gasteiger partial charge on any atom is 0.394 e. The average molecular weight is 532 g/mol. The average Bonchev–Trinajstić information content (AvgIpc) is 2.86. The van der Waals surface area contributed by atoms with Gasteiger partial charge in [-0.2, -0.15) is 0 Å². The van der Waals surface area contributed by atoms with Crippen LogP contribution in [0.2, 0.25) is 0 Å². The molecule has 4 N–H and O–H groups in total. The number of carboxylic acid groups (broad SMARTS) is 1. The van der Waals surface area contributed by atoms with Gasteiger partial charge >= 0.3 is 11.9 Å². The molecule has 1 heterocycles. The highest BCUT2D eigenvalue weighted by molar-refractivity contribution is 6.31. The van der Waals surface area contributed by atoms with Gasteiger partial charge in [0.15, 0.2) is 0 Å². The molecule has 1 saturated heterocycles. The number of likely N-dealkylation sites (tertiary alicyclic amines) is 1. The first kappa shape index (κ1) is 29.2. The quantitative estimate of drug-likeness (QED) is 0.370. The number of aliphatic hydroxyl groups is 1. The Morgan fingerprint density at radius 1 is 1.05 bits per heavy atom. The Hall–Kier alpha value is -3.37. The lowest BCUT2D eigenvalue weighted by molar-refractivity contribution is -0.156. The van der Waals surface area contributed by atoms with Crippen molar-refractivity contribution < 1.29 is 33.4 Å². The maximum atomic E-state index is 13.7. The minimum Gasteiger partial charge on any atom is -0.474 e. The van der Waals surface area contributed by atoms with E-state index in [0.717, 1.165) is 29.3 Å². The third kappa shape index (κ3) is 7.35. The number of nitrogens with zero attached hydrogens (tertiary/aromatic N) is 1. The van der Waals surface area contributed by atoms with Crippen LogP contribution in [0.25, 0.3) is 0 Å². The van der Waals surface area contributed by atoms with Crippen LogP contribution in [0.3, 0.4) is 0 Å². The predicted molar refractivity (Wildman–Crippen MR) is 137 cm³/mol. The summed E-state index contributed by atoms with van der Waals surface area (Å²) in [6.45, 7) is 5.89. The van der Waals surface area contributed by atoms with Crippen molar-refractivity contribution in [3.63, 3.8) is 0 Å². The number of carbonyl (C=O) groups is 3. The molecule has 0 spiro atoms. The Bertz CT molecular complexity index is 1140. The van der Waals surface area contributed by atoms with Crippen molar-refractivity contribution in [1.29, 1.82) is 0 Å². The maximum absolute atomic E-state index is 13.7. The van der Waals surface area contributed by atoms with Crippen molar-refractivity contribution >= 4 is 17.8 Å². The fraction of sp³-hybridized carbons (Fsp3) is 0.464. The van der Waals surface area contributed by atoms with Gasteiger partial charge in [-0.05, 0) is 54.0 Å². The van der Waals surface area contributed by atoms with Gasteiger partial charge < -0.3 is 25.7 Å². The molecule has 0 bridgehead atoms. The van der Waals surface area contributed by atoms with E-state index in [2.05, 4.69) is 30.5 Å². The summed E-state index contributed by atoms with van der Waals surface area (Å²) in [5.41, 5.74) is 1.67. The van der Waals surface area contributed by atoms with Crippen LogP contribution in [0.5, 0.6) is 0 Å². The van der Waals surface area contributed by atoms with E-state index in [4.69, 9.17) is 5.11 Å². The molecular weight excluding hydrogens is 496 g/mol. The van der Waals surface area contributed by atoms with E-state index >= 15 is 0 Å². The minimum atomic E-state index is -1.50. The summed E-state index contributed by atoms with van der Waals surface area (Å²) >= 11 is 0. The van der Waals surface area contributed by atoms with Crippen molar-refractivity contribution in [1.82, 2.24) is 15.5 Å². The number of benzene rings is 2. The summed E-state index contributed by atoms with van der Waals surface area (Å²) in [6.07, 6.45) is -0.303. The topological polar surface area (TPSA) is 119 Å². The highest BCUT2D eigenvalue weighted by atomic mass is 19.1. The van der Waals surface area contributed by atoms with Gasteiger partial charge in [0.05, 0.1) is 12.1 Å². The molecule has 206 valence electrons. The van der Waals surface area contributed by atoms with Crippen LogP contribution in [-0.4, -0.2) is 64.7 Å². The number of nitrogens with one attached hydrogen (secondary N) is 2. The lowest BCUT2D eigenvalue weighted by atomic mass is 9.79. The van der Waals surface area contributed by atoms with Crippen LogP contribution in [0.1, 0.15) is 56.2 Å². The second-order valence-corrected chi connectivity index (χ2v) is 10.2. The van der Waals surface area contributed by atoms with E-state index < -0.39 is 47.1 Å². The molecule has 0 aliphatic carbocycles. The molecule has 2 unspecified atom stereocenters. The fourth-order valence-electron chi connectivity index (χ4n) is 4.96. The van der Waals surface area contributed by atoms with Gasteiger partial charge in [-0.25, -0.2) is 13.6 Å². The third-order valence-corrected chi connectivity index (χ3v) is 7.07. The number of piperidine rings is 1. The Balaban J connectivity index is 1.84. The van der Waals surface area contributed by atoms with Crippen LogP contribution in [0.15, 0.2) is 42.5 Å². The molecule has 2 atom stereocenters.